The first-order valence-corrected chi connectivity index (χ1v) is 13.0. The molecule has 8 nitrogen and oxygen atoms in total. The predicted molar refractivity (Wildman–Crippen MR) is 138 cm³/mol. The Morgan fingerprint density at radius 1 is 1.09 bits per heavy atom. The van der Waals surface area contributed by atoms with Crippen LogP contribution in [0.1, 0.15) is 61.7 Å². The normalized spacial score (nSPS) is 18.8. The fourth-order valence-electron chi connectivity index (χ4n) is 5.65. The molecule has 6 rings (SSSR count). The van der Waals surface area contributed by atoms with Gasteiger partial charge in [-0.25, -0.2) is 9.50 Å². The number of piperidine rings is 1. The summed E-state index contributed by atoms with van der Waals surface area (Å²) in [5, 5.41) is 8.94. The van der Waals surface area contributed by atoms with Gasteiger partial charge in [0.1, 0.15) is 5.65 Å². The lowest BCUT2D eigenvalue weighted by Crippen LogP contribution is -2.37. The SMILES string of the molecule is CN1CCC(Nc2ncc3c(-c4ccn5ncc(C(=O)C6CCCCCC6)c5c4)c[nH]c3n2)CC1. The number of rotatable bonds is 5. The molecule has 1 aliphatic carbocycles. The van der Waals surface area contributed by atoms with Crippen LogP contribution in [0.5, 0.6) is 0 Å². The fourth-order valence-corrected chi connectivity index (χ4v) is 5.65. The highest BCUT2D eigenvalue weighted by atomic mass is 16.1. The van der Waals surface area contributed by atoms with Crippen LogP contribution < -0.4 is 5.32 Å². The number of nitrogens with one attached hydrogen (secondary N) is 2. The number of hydrogen-bond donors (Lipinski definition) is 2. The Balaban J connectivity index is 1.27. The zero-order valence-corrected chi connectivity index (χ0v) is 20.3. The van der Waals surface area contributed by atoms with Gasteiger partial charge in [-0.2, -0.15) is 10.1 Å². The van der Waals surface area contributed by atoms with Gasteiger partial charge in [-0.1, -0.05) is 25.7 Å². The number of Topliss-reactive ketones (excluding diaryl/α,β-unsaturated/α-hetero) is 1. The van der Waals surface area contributed by atoms with Gasteiger partial charge in [0.15, 0.2) is 5.78 Å². The van der Waals surface area contributed by atoms with Gasteiger partial charge in [0.05, 0.1) is 17.3 Å². The first-order chi connectivity index (χ1) is 17.2. The number of carbonyl (C=O) groups is 1. The quantitative estimate of drug-likeness (QED) is 0.317. The van der Waals surface area contributed by atoms with Gasteiger partial charge in [-0.05, 0) is 63.5 Å². The Morgan fingerprint density at radius 2 is 1.89 bits per heavy atom. The zero-order valence-electron chi connectivity index (χ0n) is 20.3. The Bertz CT molecular complexity index is 1340. The molecule has 35 heavy (non-hydrogen) atoms. The summed E-state index contributed by atoms with van der Waals surface area (Å²) in [6.07, 6.45) is 16.5. The summed E-state index contributed by atoms with van der Waals surface area (Å²) in [7, 11) is 2.16. The van der Waals surface area contributed by atoms with Gasteiger partial charge in [0.25, 0.3) is 0 Å². The third kappa shape index (κ3) is 4.43. The summed E-state index contributed by atoms with van der Waals surface area (Å²) in [6, 6.07) is 4.52. The van der Waals surface area contributed by atoms with E-state index in [0.717, 1.165) is 84.9 Å². The number of aromatic nitrogens is 5. The van der Waals surface area contributed by atoms with Gasteiger partial charge in [-0.15, -0.1) is 0 Å². The second-order valence-electron chi connectivity index (χ2n) is 10.2. The van der Waals surface area contributed by atoms with E-state index in [0.29, 0.717) is 12.0 Å². The molecule has 0 radical (unpaired) electrons. The van der Waals surface area contributed by atoms with E-state index in [9.17, 15) is 4.79 Å². The van der Waals surface area contributed by atoms with Crippen molar-refractivity contribution < 1.29 is 4.79 Å². The summed E-state index contributed by atoms with van der Waals surface area (Å²) < 4.78 is 1.81. The van der Waals surface area contributed by atoms with E-state index < -0.39 is 0 Å². The minimum atomic E-state index is 0.117. The molecule has 5 heterocycles. The van der Waals surface area contributed by atoms with Gasteiger partial charge in [0.2, 0.25) is 5.95 Å². The van der Waals surface area contributed by atoms with Crippen molar-refractivity contribution in [2.24, 2.45) is 5.92 Å². The lowest BCUT2D eigenvalue weighted by atomic mass is 9.91. The van der Waals surface area contributed by atoms with Crippen molar-refractivity contribution in [2.45, 2.75) is 57.4 Å². The maximum absolute atomic E-state index is 13.4. The molecule has 0 spiro atoms. The van der Waals surface area contributed by atoms with Gasteiger partial charge >= 0.3 is 0 Å². The predicted octanol–water partition coefficient (Wildman–Crippen LogP) is 4.93. The van der Waals surface area contributed by atoms with E-state index in [1.165, 1.54) is 12.8 Å². The highest BCUT2D eigenvalue weighted by Gasteiger charge is 2.24. The molecule has 2 fully saturated rings. The topological polar surface area (TPSA) is 91.2 Å². The second kappa shape index (κ2) is 9.41. The van der Waals surface area contributed by atoms with Crippen LogP contribution in [0.3, 0.4) is 0 Å². The van der Waals surface area contributed by atoms with Crippen LogP contribution >= 0.6 is 0 Å². The summed E-state index contributed by atoms with van der Waals surface area (Å²) in [4.78, 5) is 28.4. The first kappa shape index (κ1) is 22.2. The van der Waals surface area contributed by atoms with Gasteiger partial charge in [-0.3, -0.25) is 4.79 Å². The van der Waals surface area contributed by atoms with E-state index in [2.05, 4.69) is 38.4 Å². The number of nitrogens with zero attached hydrogens (tertiary/aromatic N) is 5. The molecule has 1 saturated carbocycles. The minimum Gasteiger partial charge on any atom is -0.351 e. The summed E-state index contributed by atoms with van der Waals surface area (Å²) in [6.45, 7) is 2.18. The molecular formula is C27H33N7O. The van der Waals surface area contributed by atoms with Crippen LogP contribution in [0.4, 0.5) is 5.95 Å². The minimum absolute atomic E-state index is 0.117. The van der Waals surface area contributed by atoms with E-state index in [4.69, 9.17) is 4.98 Å². The Kier molecular flexibility index (Phi) is 5.98. The molecule has 0 amide bonds. The van der Waals surface area contributed by atoms with Gasteiger partial charge in [0, 0.05) is 41.5 Å². The van der Waals surface area contributed by atoms with Crippen molar-refractivity contribution in [2.75, 3.05) is 25.5 Å². The maximum Gasteiger partial charge on any atom is 0.224 e. The van der Waals surface area contributed by atoms with E-state index in [1.54, 1.807) is 6.20 Å². The average Bonchev–Trinajstić information content (AvgIpc) is 3.39. The van der Waals surface area contributed by atoms with Crippen LogP contribution in [0, 0.1) is 5.92 Å². The van der Waals surface area contributed by atoms with Crippen molar-refractivity contribution in [1.29, 1.82) is 0 Å². The first-order valence-electron chi connectivity index (χ1n) is 13.0. The van der Waals surface area contributed by atoms with Crippen molar-refractivity contribution >= 4 is 28.3 Å². The smallest absolute Gasteiger partial charge is 0.224 e. The van der Waals surface area contributed by atoms with Crippen molar-refractivity contribution in [1.82, 2.24) is 29.5 Å². The number of aromatic amines is 1. The Labute approximate surface area is 205 Å². The average molecular weight is 472 g/mol. The number of likely N-dealkylation sites (tertiary alicyclic amines) is 1. The maximum atomic E-state index is 13.4. The monoisotopic (exact) mass is 471 g/mol. The molecule has 8 heteroatoms. The zero-order chi connectivity index (χ0) is 23.8. The number of fused-ring (bicyclic) bond motifs is 2. The molecular weight excluding hydrogens is 438 g/mol. The number of pyridine rings is 1. The molecule has 0 bridgehead atoms. The summed E-state index contributed by atoms with van der Waals surface area (Å²) in [5.41, 5.74) is 4.47. The number of H-pyrrole nitrogens is 1. The molecule has 2 aliphatic rings. The van der Waals surface area contributed by atoms with Crippen LogP contribution in [-0.2, 0) is 0 Å². The van der Waals surface area contributed by atoms with Crippen LogP contribution in [0.25, 0.3) is 27.7 Å². The number of hydrogen-bond acceptors (Lipinski definition) is 6. The van der Waals surface area contributed by atoms with Crippen molar-refractivity contribution in [3.05, 3.63) is 42.5 Å². The second-order valence-corrected chi connectivity index (χ2v) is 10.2. The molecule has 4 aromatic heterocycles. The Morgan fingerprint density at radius 3 is 2.69 bits per heavy atom. The highest BCUT2D eigenvalue weighted by Crippen LogP contribution is 2.31. The summed E-state index contributed by atoms with van der Waals surface area (Å²) in [5.74, 6) is 1.03. The molecule has 0 unspecified atom stereocenters. The van der Waals surface area contributed by atoms with Crippen LogP contribution in [-0.4, -0.2) is 61.4 Å². The number of carbonyl (C=O) groups excluding carboxylic acids is 1. The summed E-state index contributed by atoms with van der Waals surface area (Å²) >= 11 is 0. The molecule has 4 aromatic rings. The third-order valence-electron chi connectivity index (χ3n) is 7.81. The number of ketones is 1. The molecule has 2 N–H and O–H groups in total. The van der Waals surface area contributed by atoms with Gasteiger partial charge < -0.3 is 15.2 Å². The lowest BCUT2D eigenvalue weighted by molar-refractivity contribution is 0.0909. The van der Waals surface area contributed by atoms with E-state index in [-0.39, 0.29) is 11.7 Å². The molecule has 1 saturated heterocycles. The number of anilines is 1. The highest BCUT2D eigenvalue weighted by molar-refractivity contribution is 6.04. The largest absolute Gasteiger partial charge is 0.351 e. The molecule has 0 atom stereocenters. The van der Waals surface area contributed by atoms with Crippen LogP contribution in [0.15, 0.2) is 36.9 Å². The lowest BCUT2D eigenvalue weighted by Gasteiger charge is -2.29. The van der Waals surface area contributed by atoms with Crippen LogP contribution in [0.2, 0.25) is 0 Å². The molecule has 1 aliphatic heterocycles. The molecule has 182 valence electrons. The van der Waals surface area contributed by atoms with Crippen molar-refractivity contribution in [3.63, 3.8) is 0 Å². The third-order valence-corrected chi connectivity index (χ3v) is 7.81. The molecule has 0 aromatic carbocycles. The van der Waals surface area contributed by atoms with E-state index in [1.807, 2.05) is 29.2 Å². The standard InChI is InChI=1S/C27H33N7O/c1-33-11-9-20(10-12-33)31-27-29-16-22-21(15-28-26(22)32-27)19-8-13-34-24(14-19)23(17-30-34)25(35)18-6-4-2-3-5-7-18/h8,13-18,20H,2-7,9-12H2,1H3,(H2,28,29,31,32). The Hall–Kier alpha value is -3.26. The van der Waals surface area contributed by atoms with Crippen molar-refractivity contribution in [3.8, 4) is 11.1 Å². The fraction of sp³-hybridized carbons (Fsp3) is 0.481. The van der Waals surface area contributed by atoms with E-state index >= 15 is 0 Å².